The van der Waals surface area contributed by atoms with E-state index in [1.807, 2.05) is 0 Å². The molecule has 1 N–H and O–H groups in total. The van der Waals surface area contributed by atoms with Crippen molar-refractivity contribution in [3.05, 3.63) is 0 Å². The zero-order valence-electron chi connectivity index (χ0n) is 12.7. The maximum absolute atomic E-state index is 5.59. The van der Waals surface area contributed by atoms with Gasteiger partial charge in [-0.3, -0.25) is 0 Å². The van der Waals surface area contributed by atoms with Gasteiger partial charge in [0.25, 0.3) is 0 Å². The summed E-state index contributed by atoms with van der Waals surface area (Å²) in [5.41, 5.74) is 0. The van der Waals surface area contributed by atoms with Crippen LogP contribution in [0.4, 0.5) is 0 Å². The highest BCUT2D eigenvalue weighted by atomic mass is 16.5. The second-order valence-electron chi connectivity index (χ2n) is 6.23. The molecular weight excluding hydrogens is 224 g/mol. The van der Waals surface area contributed by atoms with E-state index in [4.69, 9.17) is 4.74 Å². The summed E-state index contributed by atoms with van der Waals surface area (Å²) < 4.78 is 5.59. The lowest BCUT2D eigenvalue weighted by Crippen LogP contribution is -2.43. The van der Waals surface area contributed by atoms with E-state index >= 15 is 0 Å². The molecule has 18 heavy (non-hydrogen) atoms. The molecule has 0 aromatic heterocycles. The lowest BCUT2D eigenvalue weighted by Gasteiger charge is -2.34. The van der Waals surface area contributed by atoms with Gasteiger partial charge in [-0.1, -0.05) is 13.8 Å². The SMILES string of the molecule is CC(C)COCCCNC(C)C1CCCN(C)C1. The Kier molecular flexibility index (Phi) is 7.87. The molecule has 0 radical (unpaired) electrons. The quantitative estimate of drug-likeness (QED) is 0.675. The minimum atomic E-state index is 0.637. The van der Waals surface area contributed by atoms with Gasteiger partial charge in [0.15, 0.2) is 0 Å². The first-order valence-corrected chi connectivity index (χ1v) is 7.59. The molecule has 1 aliphatic heterocycles. The molecule has 2 atom stereocenters. The molecule has 108 valence electrons. The first-order chi connectivity index (χ1) is 8.59. The van der Waals surface area contributed by atoms with Crippen molar-refractivity contribution in [2.45, 2.75) is 46.1 Å². The molecule has 3 heteroatoms. The number of likely N-dealkylation sites (tertiary alicyclic amines) is 1. The number of hydrogen-bond donors (Lipinski definition) is 1. The van der Waals surface area contributed by atoms with Crippen LogP contribution in [0.25, 0.3) is 0 Å². The van der Waals surface area contributed by atoms with E-state index < -0.39 is 0 Å². The molecule has 0 aromatic carbocycles. The minimum absolute atomic E-state index is 0.637. The molecule has 0 spiro atoms. The van der Waals surface area contributed by atoms with Crippen LogP contribution in [0.3, 0.4) is 0 Å². The molecule has 0 amide bonds. The van der Waals surface area contributed by atoms with Crippen molar-refractivity contribution in [3.63, 3.8) is 0 Å². The highest BCUT2D eigenvalue weighted by Crippen LogP contribution is 2.18. The number of nitrogens with zero attached hydrogens (tertiary/aromatic N) is 1. The highest BCUT2D eigenvalue weighted by Gasteiger charge is 2.21. The van der Waals surface area contributed by atoms with Crippen LogP contribution < -0.4 is 5.32 Å². The summed E-state index contributed by atoms with van der Waals surface area (Å²) in [4.78, 5) is 2.46. The van der Waals surface area contributed by atoms with Gasteiger partial charge in [-0.25, -0.2) is 0 Å². The van der Waals surface area contributed by atoms with Gasteiger partial charge < -0.3 is 15.0 Å². The van der Waals surface area contributed by atoms with E-state index in [1.54, 1.807) is 0 Å². The average Bonchev–Trinajstić information content (AvgIpc) is 2.33. The maximum Gasteiger partial charge on any atom is 0.0489 e. The summed E-state index contributed by atoms with van der Waals surface area (Å²) in [6, 6.07) is 0.637. The fourth-order valence-electron chi connectivity index (χ4n) is 2.60. The molecule has 1 rings (SSSR count). The third-order valence-electron chi connectivity index (χ3n) is 3.75. The van der Waals surface area contributed by atoms with Crippen molar-refractivity contribution in [3.8, 4) is 0 Å². The largest absolute Gasteiger partial charge is 0.381 e. The monoisotopic (exact) mass is 256 g/mol. The first-order valence-electron chi connectivity index (χ1n) is 7.59. The zero-order chi connectivity index (χ0) is 13.4. The van der Waals surface area contributed by atoms with Gasteiger partial charge in [0.05, 0.1) is 0 Å². The zero-order valence-corrected chi connectivity index (χ0v) is 12.7. The molecule has 0 bridgehead atoms. The Morgan fingerprint density at radius 3 is 2.78 bits per heavy atom. The van der Waals surface area contributed by atoms with Crippen LogP contribution in [0.1, 0.15) is 40.0 Å². The number of rotatable bonds is 8. The second kappa shape index (κ2) is 8.89. The number of nitrogens with one attached hydrogen (secondary N) is 1. The second-order valence-corrected chi connectivity index (χ2v) is 6.23. The molecule has 0 aromatic rings. The summed E-state index contributed by atoms with van der Waals surface area (Å²) in [5, 5.41) is 3.65. The third-order valence-corrected chi connectivity index (χ3v) is 3.75. The van der Waals surface area contributed by atoms with Crippen LogP contribution in [0.5, 0.6) is 0 Å². The van der Waals surface area contributed by atoms with Crippen molar-refractivity contribution in [1.82, 2.24) is 10.2 Å². The smallest absolute Gasteiger partial charge is 0.0489 e. The van der Waals surface area contributed by atoms with E-state index in [2.05, 4.69) is 38.0 Å². The maximum atomic E-state index is 5.59. The van der Waals surface area contributed by atoms with Gasteiger partial charge >= 0.3 is 0 Å². The van der Waals surface area contributed by atoms with Crippen LogP contribution in [-0.4, -0.2) is 50.8 Å². The average molecular weight is 256 g/mol. The molecule has 1 fully saturated rings. The van der Waals surface area contributed by atoms with Crippen molar-refractivity contribution >= 4 is 0 Å². The van der Waals surface area contributed by atoms with Crippen molar-refractivity contribution < 1.29 is 4.74 Å². The van der Waals surface area contributed by atoms with E-state index in [1.165, 1.54) is 25.9 Å². The first kappa shape index (κ1) is 15.9. The lowest BCUT2D eigenvalue weighted by molar-refractivity contribution is 0.106. The van der Waals surface area contributed by atoms with E-state index in [0.29, 0.717) is 12.0 Å². The molecule has 1 heterocycles. The van der Waals surface area contributed by atoms with Gasteiger partial charge in [0.1, 0.15) is 0 Å². The molecule has 1 saturated heterocycles. The normalized spacial score (nSPS) is 23.5. The third kappa shape index (κ3) is 6.72. The summed E-state index contributed by atoms with van der Waals surface area (Å²) in [6.07, 6.45) is 3.85. The van der Waals surface area contributed by atoms with Crippen LogP contribution >= 0.6 is 0 Å². The molecular formula is C15H32N2O. The minimum Gasteiger partial charge on any atom is -0.381 e. The summed E-state index contributed by atoms with van der Waals surface area (Å²) >= 11 is 0. The Hall–Kier alpha value is -0.120. The van der Waals surface area contributed by atoms with Gasteiger partial charge in [-0.15, -0.1) is 0 Å². The Bertz CT molecular complexity index is 209. The molecule has 0 aliphatic carbocycles. The summed E-state index contributed by atoms with van der Waals surface area (Å²) in [5.74, 6) is 1.47. The molecule has 3 nitrogen and oxygen atoms in total. The molecule has 2 unspecified atom stereocenters. The van der Waals surface area contributed by atoms with Crippen molar-refractivity contribution in [2.24, 2.45) is 11.8 Å². The number of piperidine rings is 1. The van der Waals surface area contributed by atoms with Gasteiger partial charge in [0.2, 0.25) is 0 Å². The van der Waals surface area contributed by atoms with Crippen molar-refractivity contribution in [2.75, 3.05) is 39.9 Å². The number of hydrogen-bond acceptors (Lipinski definition) is 3. The van der Waals surface area contributed by atoms with Crippen molar-refractivity contribution in [1.29, 1.82) is 0 Å². The Labute approximate surface area is 113 Å². The Morgan fingerprint density at radius 2 is 2.11 bits per heavy atom. The van der Waals surface area contributed by atoms with E-state index in [9.17, 15) is 0 Å². The topological polar surface area (TPSA) is 24.5 Å². The lowest BCUT2D eigenvalue weighted by atomic mass is 9.92. The number of ether oxygens (including phenoxy) is 1. The fourth-order valence-corrected chi connectivity index (χ4v) is 2.60. The van der Waals surface area contributed by atoms with Crippen LogP contribution in [0.2, 0.25) is 0 Å². The van der Waals surface area contributed by atoms with Crippen LogP contribution in [0.15, 0.2) is 0 Å². The fraction of sp³-hybridized carbons (Fsp3) is 1.00. The predicted octanol–water partition coefficient (Wildman–Crippen LogP) is 2.37. The standard InChI is InChI=1S/C15H32N2O/c1-13(2)12-18-10-6-8-16-14(3)15-7-5-9-17(4)11-15/h13-16H,5-12H2,1-4H3. The highest BCUT2D eigenvalue weighted by molar-refractivity contribution is 4.78. The molecule has 1 aliphatic rings. The van der Waals surface area contributed by atoms with Gasteiger partial charge in [-0.2, -0.15) is 0 Å². The van der Waals surface area contributed by atoms with E-state index in [0.717, 1.165) is 32.1 Å². The molecule has 0 saturated carbocycles. The predicted molar refractivity (Wildman–Crippen MR) is 78.0 cm³/mol. The van der Waals surface area contributed by atoms with Crippen LogP contribution in [0, 0.1) is 11.8 Å². The van der Waals surface area contributed by atoms with Gasteiger partial charge in [0, 0.05) is 25.8 Å². The Balaban J connectivity index is 2.00. The summed E-state index contributed by atoms with van der Waals surface area (Å²) in [6.45, 7) is 12.1. The van der Waals surface area contributed by atoms with Gasteiger partial charge in [-0.05, 0) is 58.2 Å². The Morgan fingerprint density at radius 1 is 1.33 bits per heavy atom. The summed E-state index contributed by atoms with van der Waals surface area (Å²) in [7, 11) is 2.23. The van der Waals surface area contributed by atoms with Crippen LogP contribution in [-0.2, 0) is 4.74 Å². The van der Waals surface area contributed by atoms with E-state index in [-0.39, 0.29) is 0 Å².